The van der Waals surface area contributed by atoms with E-state index in [0.717, 1.165) is 26.2 Å². The van der Waals surface area contributed by atoms with Gasteiger partial charge in [-0.2, -0.15) is 5.10 Å². The average Bonchev–Trinajstić information content (AvgIpc) is 2.88. The SMILES string of the molecule is CC(C)C1CN(CCn2cccn2)C(C(C)C)CN1. The van der Waals surface area contributed by atoms with Gasteiger partial charge in [-0.05, 0) is 17.9 Å². The van der Waals surface area contributed by atoms with Crippen LogP contribution in [0.5, 0.6) is 0 Å². The largest absolute Gasteiger partial charge is 0.311 e. The molecule has 4 heteroatoms. The molecule has 2 heterocycles. The Morgan fingerprint density at radius 1 is 1.21 bits per heavy atom. The molecule has 0 saturated carbocycles. The molecule has 1 saturated heterocycles. The number of nitrogens with zero attached hydrogens (tertiary/aromatic N) is 3. The molecule has 0 bridgehead atoms. The van der Waals surface area contributed by atoms with Gasteiger partial charge in [0.05, 0.1) is 6.54 Å². The van der Waals surface area contributed by atoms with Crippen LogP contribution in [0.3, 0.4) is 0 Å². The Bertz CT molecular complexity index is 358. The van der Waals surface area contributed by atoms with Crippen molar-refractivity contribution in [2.75, 3.05) is 19.6 Å². The van der Waals surface area contributed by atoms with E-state index in [2.05, 4.69) is 43.0 Å². The molecule has 0 radical (unpaired) electrons. The highest BCUT2D eigenvalue weighted by Crippen LogP contribution is 2.18. The molecule has 2 atom stereocenters. The molecule has 2 rings (SSSR count). The van der Waals surface area contributed by atoms with Crippen molar-refractivity contribution in [1.82, 2.24) is 20.0 Å². The number of hydrogen-bond donors (Lipinski definition) is 1. The van der Waals surface area contributed by atoms with E-state index in [1.54, 1.807) is 0 Å². The standard InChI is InChI=1S/C15H28N4/c1-12(2)14-11-18(15(10-16-14)13(3)4)8-9-19-7-5-6-17-19/h5-7,12-16H,8-11H2,1-4H3. The summed E-state index contributed by atoms with van der Waals surface area (Å²) in [6.07, 6.45) is 3.90. The molecule has 1 aliphatic heterocycles. The first-order valence-electron chi connectivity index (χ1n) is 7.52. The van der Waals surface area contributed by atoms with Gasteiger partial charge in [-0.25, -0.2) is 0 Å². The molecule has 1 aromatic rings. The quantitative estimate of drug-likeness (QED) is 0.881. The second-order valence-electron chi connectivity index (χ2n) is 6.33. The van der Waals surface area contributed by atoms with E-state index in [1.165, 1.54) is 0 Å². The minimum absolute atomic E-state index is 0.618. The average molecular weight is 264 g/mol. The van der Waals surface area contributed by atoms with Crippen molar-refractivity contribution in [3.8, 4) is 0 Å². The number of hydrogen-bond acceptors (Lipinski definition) is 3. The third-order valence-corrected chi connectivity index (χ3v) is 4.24. The third-order valence-electron chi connectivity index (χ3n) is 4.24. The fourth-order valence-corrected chi connectivity index (χ4v) is 2.88. The predicted octanol–water partition coefficient (Wildman–Crippen LogP) is 1.84. The molecule has 1 N–H and O–H groups in total. The van der Waals surface area contributed by atoms with Crippen LogP contribution in [-0.4, -0.2) is 46.4 Å². The van der Waals surface area contributed by atoms with E-state index in [4.69, 9.17) is 0 Å². The Labute approximate surface area is 117 Å². The molecule has 0 aliphatic carbocycles. The summed E-state index contributed by atoms with van der Waals surface area (Å²) in [6.45, 7) is 13.6. The van der Waals surface area contributed by atoms with Gasteiger partial charge < -0.3 is 5.32 Å². The van der Waals surface area contributed by atoms with Gasteiger partial charge in [0.25, 0.3) is 0 Å². The van der Waals surface area contributed by atoms with Crippen molar-refractivity contribution in [3.63, 3.8) is 0 Å². The van der Waals surface area contributed by atoms with Crippen LogP contribution in [0.2, 0.25) is 0 Å². The molecule has 1 fully saturated rings. The monoisotopic (exact) mass is 264 g/mol. The van der Waals surface area contributed by atoms with E-state index in [-0.39, 0.29) is 0 Å². The van der Waals surface area contributed by atoms with Gasteiger partial charge in [0.2, 0.25) is 0 Å². The summed E-state index contributed by atoms with van der Waals surface area (Å²) in [4.78, 5) is 2.65. The molecule has 4 nitrogen and oxygen atoms in total. The first-order valence-corrected chi connectivity index (χ1v) is 7.52. The first kappa shape index (κ1) is 14.5. The van der Waals surface area contributed by atoms with Gasteiger partial charge in [-0.1, -0.05) is 27.7 Å². The molecule has 1 aromatic heterocycles. The van der Waals surface area contributed by atoms with Crippen LogP contribution in [0.4, 0.5) is 0 Å². The zero-order valence-electron chi connectivity index (χ0n) is 12.7. The lowest BCUT2D eigenvalue weighted by molar-refractivity contribution is 0.0808. The van der Waals surface area contributed by atoms with Crippen LogP contribution in [0.15, 0.2) is 18.5 Å². The van der Waals surface area contributed by atoms with Crippen LogP contribution >= 0.6 is 0 Å². The lowest BCUT2D eigenvalue weighted by Gasteiger charge is -2.43. The van der Waals surface area contributed by atoms with Crippen molar-refractivity contribution in [1.29, 1.82) is 0 Å². The van der Waals surface area contributed by atoms with Crippen LogP contribution in [0, 0.1) is 11.8 Å². The first-order chi connectivity index (χ1) is 9.08. The van der Waals surface area contributed by atoms with Crippen LogP contribution in [0.25, 0.3) is 0 Å². The van der Waals surface area contributed by atoms with Crippen molar-refractivity contribution in [2.45, 2.75) is 46.3 Å². The smallest absolute Gasteiger partial charge is 0.0536 e. The topological polar surface area (TPSA) is 33.1 Å². The highest BCUT2D eigenvalue weighted by atomic mass is 15.3. The minimum atomic E-state index is 0.618. The van der Waals surface area contributed by atoms with Gasteiger partial charge in [0, 0.05) is 44.1 Å². The Morgan fingerprint density at radius 2 is 2.00 bits per heavy atom. The minimum Gasteiger partial charge on any atom is -0.311 e. The number of rotatable bonds is 5. The summed E-state index contributed by atoms with van der Waals surface area (Å²) >= 11 is 0. The molecule has 0 aromatic carbocycles. The maximum absolute atomic E-state index is 4.30. The molecule has 0 spiro atoms. The Morgan fingerprint density at radius 3 is 2.58 bits per heavy atom. The summed E-state index contributed by atoms with van der Waals surface area (Å²) in [5.74, 6) is 1.39. The van der Waals surface area contributed by atoms with E-state index in [9.17, 15) is 0 Å². The lowest BCUT2D eigenvalue weighted by atomic mass is 9.94. The Balaban J connectivity index is 1.95. The van der Waals surface area contributed by atoms with E-state index >= 15 is 0 Å². The highest BCUT2D eigenvalue weighted by Gasteiger charge is 2.30. The van der Waals surface area contributed by atoms with Crippen molar-refractivity contribution < 1.29 is 0 Å². The molecule has 1 aliphatic rings. The van der Waals surface area contributed by atoms with Crippen molar-refractivity contribution >= 4 is 0 Å². The molecular formula is C15H28N4. The maximum atomic E-state index is 4.30. The van der Waals surface area contributed by atoms with Crippen molar-refractivity contribution in [3.05, 3.63) is 18.5 Å². The second kappa shape index (κ2) is 6.53. The summed E-state index contributed by atoms with van der Waals surface area (Å²) in [6, 6.07) is 3.26. The third kappa shape index (κ3) is 3.80. The van der Waals surface area contributed by atoms with E-state index in [0.29, 0.717) is 23.9 Å². The van der Waals surface area contributed by atoms with E-state index in [1.807, 2.05) is 23.1 Å². The number of nitrogens with one attached hydrogen (secondary N) is 1. The summed E-state index contributed by atoms with van der Waals surface area (Å²) in [5.41, 5.74) is 0. The fraction of sp³-hybridized carbons (Fsp3) is 0.800. The number of piperazine rings is 1. The second-order valence-corrected chi connectivity index (χ2v) is 6.33. The Kier molecular flexibility index (Phi) is 4.99. The van der Waals surface area contributed by atoms with E-state index < -0.39 is 0 Å². The van der Waals surface area contributed by atoms with Crippen molar-refractivity contribution in [2.24, 2.45) is 11.8 Å². The Hall–Kier alpha value is -0.870. The molecular weight excluding hydrogens is 236 g/mol. The molecule has 19 heavy (non-hydrogen) atoms. The lowest BCUT2D eigenvalue weighted by Crippen LogP contribution is -2.60. The molecule has 108 valence electrons. The zero-order chi connectivity index (χ0) is 13.8. The molecule has 2 unspecified atom stereocenters. The van der Waals surface area contributed by atoms with Gasteiger partial charge in [0.1, 0.15) is 0 Å². The van der Waals surface area contributed by atoms with Crippen LogP contribution in [0.1, 0.15) is 27.7 Å². The van der Waals surface area contributed by atoms with Gasteiger partial charge in [0.15, 0.2) is 0 Å². The maximum Gasteiger partial charge on any atom is 0.0536 e. The summed E-state index contributed by atoms with van der Waals surface area (Å²) < 4.78 is 2.03. The number of aromatic nitrogens is 2. The highest BCUT2D eigenvalue weighted by molar-refractivity contribution is 4.89. The zero-order valence-corrected chi connectivity index (χ0v) is 12.7. The van der Waals surface area contributed by atoms with Crippen LogP contribution < -0.4 is 5.32 Å². The van der Waals surface area contributed by atoms with Crippen LogP contribution in [-0.2, 0) is 6.54 Å². The summed E-state index contributed by atoms with van der Waals surface area (Å²) in [5, 5.41) is 8.01. The van der Waals surface area contributed by atoms with Gasteiger partial charge >= 0.3 is 0 Å². The van der Waals surface area contributed by atoms with Gasteiger partial charge in [-0.3, -0.25) is 9.58 Å². The predicted molar refractivity (Wildman–Crippen MR) is 79.1 cm³/mol. The normalized spacial score (nSPS) is 25.4. The van der Waals surface area contributed by atoms with Gasteiger partial charge in [-0.15, -0.1) is 0 Å². The molecule has 0 amide bonds. The summed E-state index contributed by atoms with van der Waals surface area (Å²) in [7, 11) is 0. The fourth-order valence-electron chi connectivity index (χ4n) is 2.88.